The number of halogens is 1. The Morgan fingerprint density at radius 3 is 2.37 bits per heavy atom. The van der Waals surface area contributed by atoms with Crippen LogP contribution in [0.5, 0.6) is 0 Å². The van der Waals surface area contributed by atoms with Crippen molar-refractivity contribution in [2.24, 2.45) is 0 Å². The van der Waals surface area contributed by atoms with Crippen LogP contribution in [-0.2, 0) is 9.59 Å². The van der Waals surface area contributed by atoms with Gasteiger partial charge in [-0.2, -0.15) is 0 Å². The molecule has 1 fully saturated rings. The average molecular weight is 536 g/mol. The first kappa shape index (κ1) is 24.9. The summed E-state index contributed by atoms with van der Waals surface area (Å²) in [4.78, 5) is 42.2. The van der Waals surface area contributed by atoms with Crippen molar-refractivity contribution in [2.75, 3.05) is 16.3 Å². The maximum atomic E-state index is 13.4. The number of nitrogens with zero attached hydrogens (tertiary/aromatic N) is 2. The lowest BCUT2D eigenvalue weighted by Gasteiger charge is -2.43. The zero-order valence-corrected chi connectivity index (χ0v) is 22.5. The number of barbiturate groups is 1. The first-order valence-electron chi connectivity index (χ1n) is 11.7. The smallest absolute Gasteiger partial charge is 0.335 e. The molecule has 0 saturated carbocycles. The van der Waals surface area contributed by atoms with Crippen LogP contribution in [-0.4, -0.2) is 29.9 Å². The monoisotopic (exact) mass is 535 g/mol. The Hall–Kier alpha value is -3.19. The van der Waals surface area contributed by atoms with Crippen molar-refractivity contribution < 1.29 is 14.4 Å². The predicted octanol–water partition coefficient (Wildman–Crippen LogP) is 6.14. The van der Waals surface area contributed by atoms with Gasteiger partial charge in [0.15, 0.2) is 0 Å². The van der Waals surface area contributed by atoms with E-state index < -0.39 is 17.8 Å². The molecule has 35 heavy (non-hydrogen) atoms. The normalized spacial score (nSPS) is 18.5. The topological polar surface area (TPSA) is 69.7 Å². The minimum atomic E-state index is -0.749. The lowest BCUT2D eigenvalue weighted by atomic mass is 9.86. The molecule has 7 heteroatoms. The summed E-state index contributed by atoms with van der Waals surface area (Å²) in [6.45, 7) is 13.4. The lowest BCUT2D eigenvalue weighted by Crippen LogP contribution is -2.54. The number of urea groups is 1. The fourth-order valence-corrected chi connectivity index (χ4v) is 5.41. The van der Waals surface area contributed by atoms with E-state index in [9.17, 15) is 14.4 Å². The number of aryl methyl sites for hydroxylation is 2. The van der Waals surface area contributed by atoms with Gasteiger partial charge >= 0.3 is 6.03 Å². The molecule has 0 aliphatic carbocycles. The second kappa shape index (κ2) is 9.11. The van der Waals surface area contributed by atoms with E-state index in [-0.39, 0.29) is 11.1 Å². The molecule has 0 spiro atoms. The molecule has 1 saturated heterocycles. The van der Waals surface area contributed by atoms with Gasteiger partial charge in [0, 0.05) is 22.3 Å². The van der Waals surface area contributed by atoms with Gasteiger partial charge in [0.1, 0.15) is 5.57 Å². The molecule has 2 heterocycles. The molecule has 4 amide bonds. The molecule has 2 aliphatic heterocycles. The number of allylic oxidation sites excluding steroid dienone is 1. The van der Waals surface area contributed by atoms with Crippen LogP contribution in [0.2, 0.25) is 0 Å². The van der Waals surface area contributed by atoms with E-state index in [4.69, 9.17) is 0 Å². The fraction of sp³-hybridized carbons (Fsp3) is 0.321. The Balaban J connectivity index is 1.80. The Labute approximate surface area is 214 Å². The first-order chi connectivity index (χ1) is 16.4. The number of fused-ring (bicyclic) bond motifs is 1. The highest BCUT2D eigenvalue weighted by molar-refractivity contribution is 9.10. The SMILES string of the molecule is CCCN1c2cc(C)c(/C=C3/C(=O)NC(=O)N(c4ccc(Br)cc4C)C3=O)cc2C(C)=CC1(C)C. The number of hydrogen-bond acceptors (Lipinski definition) is 4. The highest BCUT2D eigenvalue weighted by Crippen LogP contribution is 2.41. The van der Waals surface area contributed by atoms with Gasteiger partial charge in [0.2, 0.25) is 0 Å². The van der Waals surface area contributed by atoms with E-state index in [1.54, 1.807) is 18.2 Å². The number of anilines is 2. The number of imide groups is 2. The van der Waals surface area contributed by atoms with E-state index in [1.165, 1.54) is 0 Å². The summed E-state index contributed by atoms with van der Waals surface area (Å²) in [5.74, 6) is -1.33. The van der Waals surface area contributed by atoms with Crippen molar-refractivity contribution in [3.05, 3.63) is 68.7 Å². The van der Waals surface area contributed by atoms with Crippen LogP contribution in [0.4, 0.5) is 16.2 Å². The van der Waals surface area contributed by atoms with E-state index in [1.807, 2.05) is 26.0 Å². The van der Waals surface area contributed by atoms with Crippen LogP contribution in [0.3, 0.4) is 0 Å². The summed E-state index contributed by atoms with van der Waals surface area (Å²) in [6, 6.07) is 8.68. The summed E-state index contributed by atoms with van der Waals surface area (Å²) in [6.07, 6.45) is 4.87. The summed E-state index contributed by atoms with van der Waals surface area (Å²) in [5.41, 5.74) is 6.10. The Morgan fingerprint density at radius 2 is 1.71 bits per heavy atom. The highest BCUT2D eigenvalue weighted by Gasteiger charge is 2.38. The highest BCUT2D eigenvalue weighted by atomic mass is 79.9. The fourth-order valence-electron chi connectivity index (χ4n) is 4.93. The number of benzene rings is 2. The molecule has 0 radical (unpaired) electrons. The number of rotatable bonds is 4. The zero-order valence-electron chi connectivity index (χ0n) is 21.0. The first-order valence-corrected chi connectivity index (χ1v) is 12.5. The van der Waals surface area contributed by atoms with Crippen LogP contribution in [0.1, 0.15) is 56.4 Å². The average Bonchev–Trinajstić information content (AvgIpc) is 2.75. The van der Waals surface area contributed by atoms with Gasteiger partial charge in [-0.15, -0.1) is 0 Å². The van der Waals surface area contributed by atoms with Crippen molar-refractivity contribution in [1.82, 2.24) is 5.32 Å². The number of nitrogens with one attached hydrogen (secondary N) is 1. The molecular weight excluding hydrogens is 506 g/mol. The van der Waals surface area contributed by atoms with Crippen LogP contribution >= 0.6 is 15.9 Å². The third-order valence-electron chi connectivity index (χ3n) is 6.61. The third kappa shape index (κ3) is 4.45. The van der Waals surface area contributed by atoms with Crippen molar-refractivity contribution in [3.63, 3.8) is 0 Å². The van der Waals surface area contributed by atoms with Crippen molar-refractivity contribution in [2.45, 2.75) is 53.5 Å². The van der Waals surface area contributed by atoms with Crippen LogP contribution < -0.4 is 15.1 Å². The van der Waals surface area contributed by atoms with Gasteiger partial charge < -0.3 is 4.90 Å². The van der Waals surface area contributed by atoms with Crippen LogP contribution in [0.25, 0.3) is 11.6 Å². The van der Waals surface area contributed by atoms with Gasteiger partial charge in [-0.25, -0.2) is 9.69 Å². The number of hydrogen-bond donors (Lipinski definition) is 1. The third-order valence-corrected chi connectivity index (χ3v) is 7.11. The van der Waals surface area contributed by atoms with Crippen molar-refractivity contribution in [1.29, 1.82) is 0 Å². The zero-order chi connectivity index (χ0) is 25.7. The molecule has 0 unspecified atom stereocenters. The summed E-state index contributed by atoms with van der Waals surface area (Å²) in [7, 11) is 0. The lowest BCUT2D eigenvalue weighted by molar-refractivity contribution is -0.122. The second-order valence-corrected chi connectivity index (χ2v) is 10.7. The molecule has 6 nitrogen and oxygen atoms in total. The molecule has 2 aromatic carbocycles. The van der Waals surface area contributed by atoms with Crippen molar-refractivity contribution in [3.8, 4) is 0 Å². The summed E-state index contributed by atoms with van der Waals surface area (Å²) < 4.78 is 0.837. The number of carbonyl (C=O) groups excluding carboxylic acids is 3. The summed E-state index contributed by atoms with van der Waals surface area (Å²) >= 11 is 3.40. The largest absolute Gasteiger partial charge is 0.362 e. The van der Waals surface area contributed by atoms with Gasteiger partial charge in [0.05, 0.1) is 11.2 Å². The van der Waals surface area contributed by atoms with Gasteiger partial charge in [-0.3, -0.25) is 14.9 Å². The molecule has 182 valence electrons. The molecule has 1 N–H and O–H groups in total. The molecule has 0 atom stereocenters. The Kier molecular flexibility index (Phi) is 6.49. The van der Waals surface area contributed by atoms with Gasteiger partial charge in [0.25, 0.3) is 11.8 Å². The Morgan fingerprint density at radius 1 is 1.00 bits per heavy atom. The quantitative estimate of drug-likeness (QED) is 0.376. The van der Waals surface area contributed by atoms with E-state index in [0.717, 1.165) is 55.9 Å². The molecule has 0 aromatic heterocycles. The van der Waals surface area contributed by atoms with E-state index in [0.29, 0.717) is 5.69 Å². The standard InChI is InChI=1S/C28H30BrN3O3/c1-7-10-31-24-12-16(2)19(13-21(24)18(4)15-28(31,5)6)14-22-25(33)30-27(35)32(26(22)34)23-9-8-20(29)11-17(23)3/h8-9,11-15H,7,10H2,1-6H3,(H,30,33,35)/b22-14-. The van der Waals surface area contributed by atoms with Crippen LogP contribution in [0.15, 0.2) is 46.5 Å². The van der Waals surface area contributed by atoms with Gasteiger partial charge in [-0.1, -0.05) is 28.9 Å². The van der Waals surface area contributed by atoms with E-state index >= 15 is 0 Å². The van der Waals surface area contributed by atoms with E-state index in [2.05, 4.69) is 66.0 Å². The number of carbonyl (C=O) groups is 3. The molecule has 4 rings (SSSR count). The number of amides is 4. The van der Waals surface area contributed by atoms with Gasteiger partial charge in [-0.05, 0) is 99.7 Å². The Bertz CT molecular complexity index is 1320. The maximum Gasteiger partial charge on any atom is 0.335 e. The maximum absolute atomic E-state index is 13.4. The second-order valence-electron chi connectivity index (χ2n) is 9.75. The minimum Gasteiger partial charge on any atom is -0.362 e. The molecule has 2 aromatic rings. The molecule has 2 aliphatic rings. The molecular formula is C28H30BrN3O3. The van der Waals surface area contributed by atoms with Crippen molar-refractivity contribution >= 4 is 56.8 Å². The predicted molar refractivity (Wildman–Crippen MR) is 144 cm³/mol. The molecule has 0 bridgehead atoms. The minimum absolute atomic E-state index is 0.0712. The van der Waals surface area contributed by atoms with Crippen LogP contribution in [0, 0.1) is 13.8 Å². The summed E-state index contributed by atoms with van der Waals surface area (Å²) in [5, 5.41) is 2.32.